The first-order valence-electron chi connectivity index (χ1n) is 6.72. The summed E-state index contributed by atoms with van der Waals surface area (Å²) < 4.78 is 27.2. The summed E-state index contributed by atoms with van der Waals surface area (Å²) in [6, 6.07) is 3.18. The molecule has 2 rings (SSSR count). The van der Waals surface area contributed by atoms with Gasteiger partial charge >= 0.3 is 0 Å². The van der Waals surface area contributed by atoms with Crippen molar-refractivity contribution in [3.8, 4) is 0 Å². The summed E-state index contributed by atoms with van der Waals surface area (Å²) >= 11 is 0. The van der Waals surface area contributed by atoms with Gasteiger partial charge in [0.25, 0.3) is 0 Å². The van der Waals surface area contributed by atoms with Crippen molar-refractivity contribution in [1.29, 1.82) is 0 Å². The van der Waals surface area contributed by atoms with Gasteiger partial charge in [-0.25, -0.2) is 13.1 Å². The van der Waals surface area contributed by atoms with Crippen LogP contribution in [0.1, 0.15) is 25.0 Å². The molecule has 1 heterocycles. The Labute approximate surface area is 120 Å². The van der Waals surface area contributed by atoms with Gasteiger partial charge in [-0.1, -0.05) is 0 Å². The molecule has 20 heavy (non-hydrogen) atoms. The van der Waals surface area contributed by atoms with Gasteiger partial charge in [-0.05, 0) is 45.5 Å². The van der Waals surface area contributed by atoms with E-state index in [1.807, 2.05) is 14.1 Å². The minimum absolute atomic E-state index is 0.0440. The zero-order valence-corrected chi connectivity index (χ0v) is 12.8. The van der Waals surface area contributed by atoms with Gasteiger partial charge in [-0.2, -0.15) is 0 Å². The Morgan fingerprint density at radius 3 is 2.50 bits per heavy atom. The smallest absolute Gasteiger partial charge is 0.242 e. The Kier molecular flexibility index (Phi) is 4.43. The molecule has 1 fully saturated rings. The van der Waals surface area contributed by atoms with Crippen LogP contribution in [0.2, 0.25) is 0 Å². The second-order valence-corrected chi connectivity index (χ2v) is 7.25. The summed E-state index contributed by atoms with van der Waals surface area (Å²) in [5.74, 6) is 0. The van der Waals surface area contributed by atoms with E-state index in [9.17, 15) is 8.42 Å². The molecule has 3 N–H and O–H groups in total. The molecule has 1 aliphatic rings. The Morgan fingerprint density at radius 2 is 2.10 bits per heavy atom. The minimum atomic E-state index is -3.51. The van der Waals surface area contributed by atoms with Crippen LogP contribution < -0.4 is 10.5 Å². The van der Waals surface area contributed by atoms with Crippen LogP contribution in [0.15, 0.2) is 23.2 Å². The van der Waals surface area contributed by atoms with Crippen LogP contribution in [0, 0.1) is 0 Å². The van der Waals surface area contributed by atoms with Gasteiger partial charge < -0.3 is 10.6 Å². The lowest BCUT2D eigenvalue weighted by Crippen LogP contribution is -2.57. The van der Waals surface area contributed by atoms with Crippen molar-refractivity contribution < 1.29 is 8.42 Å². The number of pyridine rings is 1. The summed E-state index contributed by atoms with van der Waals surface area (Å²) in [7, 11) is 0.474. The van der Waals surface area contributed by atoms with Gasteiger partial charge in [0.15, 0.2) is 0 Å². The Balaban J connectivity index is 2.07. The molecule has 1 aromatic heterocycles. The molecule has 0 unspecified atom stereocenters. The van der Waals surface area contributed by atoms with Gasteiger partial charge in [0.05, 0.1) is 5.69 Å². The standard InChI is InChI=1S/C13H22N4O2S/c1-17(2)13(6-3-7-13)10-16-20(18,19)12-5-4-11(8-14)15-9-12/h4-5,9,16H,3,6-8,10,14H2,1-2H3. The second kappa shape index (κ2) is 5.77. The largest absolute Gasteiger partial charge is 0.325 e. The molecule has 6 nitrogen and oxygen atoms in total. The van der Waals surface area contributed by atoms with E-state index in [2.05, 4.69) is 14.6 Å². The average molecular weight is 298 g/mol. The van der Waals surface area contributed by atoms with Gasteiger partial charge in [0, 0.05) is 24.8 Å². The lowest BCUT2D eigenvalue weighted by atomic mass is 9.76. The summed E-state index contributed by atoms with van der Waals surface area (Å²) in [6.45, 7) is 0.735. The lowest BCUT2D eigenvalue weighted by molar-refractivity contribution is 0.0657. The fraction of sp³-hybridized carbons (Fsp3) is 0.615. The molecular formula is C13H22N4O2S. The Bertz CT molecular complexity index is 550. The maximum atomic E-state index is 12.2. The Morgan fingerprint density at radius 1 is 1.40 bits per heavy atom. The predicted octanol–water partition coefficient (Wildman–Crippen LogP) is 0.303. The van der Waals surface area contributed by atoms with Crippen molar-refractivity contribution >= 4 is 10.0 Å². The lowest BCUT2D eigenvalue weighted by Gasteiger charge is -2.47. The van der Waals surface area contributed by atoms with Crippen molar-refractivity contribution in [2.24, 2.45) is 5.73 Å². The number of hydrogen-bond acceptors (Lipinski definition) is 5. The van der Waals surface area contributed by atoms with E-state index in [0.717, 1.165) is 19.3 Å². The zero-order chi connectivity index (χ0) is 14.8. The molecule has 1 saturated carbocycles. The van der Waals surface area contributed by atoms with E-state index in [4.69, 9.17) is 5.73 Å². The van der Waals surface area contributed by atoms with E-state index in [1.165, 1.54) is 6.20 Å². The normalized spacial score (nSPS) is 18.0. The van der Waals surface area contributed by atoms with E-state index in [1.54, 1.807) is 12.1 Å². The summed E-state index contributed by atoms with van der Waals surface area (Å²) in [5.41, 5.74) is 6.08. The average Bonchev–Trinajstić information content (AvgIpc) is 2.37. The molecule has 0 bridgehead atoms. The molecule has 0 aromatic carbocycles. The van der Waals surface area contributed by atoms with Crippen LogP contribution >= 0.6 is 0 Å². The summed E-state index contributed by atoms with van der Waals surface area (Å²) in [4.78, 5) is 6.31. The van der Waals surface area contributed by atoms with E-state index in [0.29, 0.717) is 18.8 Å². The molecule has 0 radical (unpaired) electrons. The molecule has 1 aromatic rings. The van der Waals surface area contributed by atoms with Crippen molar-refractivity contribution in [3.63, 3.8) is 0 Å². The fourth-order valence-electron chi connectivity index (χ4n) is 2.37. The monoisotopic (exact) mass is 298 g/mol. The number of nitrogens with one attached hydrogen (secondary N) is 1. The highest BCUT2D eigenvalue weighted by Gasteiger charge is 2.39. The van der Waals surface area contributed by atoms with Gasteiger partial charge in [-0.3, -0.25) is 4.98 Å². The van der Waals surface area contributed by atoms with E-state index >= 15 is 0 Å². The van der Waals surface area contributed by atoms with Gasteiger partial charge in [0.1, 0.15) is 4.90 Å². The van der Waals surface area contributed by atoms with Crippen LogP contribution in [-0.4, -0.2) is 44.5 Å². The third-order valence-electron chi connectivity index (χ3n) is 4.14. The van der Waals surface area contributed by atoms with Crippen LogP contribution in [0.25, 0.3) is 0 Å². The first-order valence-corrected chi connectivity index (χ1v) is 8.20. The molecule has 1 aliphatic carbocycles. The highest BCUT2D eigenvalue weighted by molar-refractivity contribution is 7.89. The topological polar surface area (TPSA) is 88.3 Å². The molecule has 0 amide bonds. The third-order valence-corrected chi connectivity index (χ3v) is 5.53. The molecule has 0 aliphatic heterocycles. The SMILES string of the molecule is CN(C)C1(CNS(=O)(=O)c2ccc(CN)nc2)CCC1. The van der Waals surface area contributed by atoms with E-state index < -0.39 is 10.0 Å². The minimum Gasteiger partial charge on any atom is -0.325 e. The quantitative estimate of drug-likeness (QED) is 0.789. The number of hydrogen-bond donors (Lipinski definition) is 2. The van der Waals surface area contributed by atoms with Crippen LogP contribution in [-0.2, 0) is 16.6 Å². The highest BCUT2D eigenvalue weighted by atomic mass is 32.2. The number of sulfonamides is 1. The molecule has 112 valence electrons. The van der Waals surface area contributed by atoms with Crippen LogP contribution in [0.3, 0.4) is 0 Å². The van der Waals surface area contributed by atoms with E-state index in [-0.39, 0.29) is 10.4 Å². The van der Waals surface area contributed by atoms with Gasteiger partial charge in [-0.15, -0.1) is 0 Å². The number of nitrogens with two attached hydrogens (primary N) is 1. The maximum Gasteiger partial charge on any atom is 0.242 e. The van der Waals surface area contributed by atoms with Crippen molar-refractivity contribution in [2.45, 2.75) is 36.2 Å². The predicted molar refractivity (Wildman–Crippen MR) is 77.6 cm³/mol. The highest BCUT2D eigenvalue weighted by Crippen LogP contribution is 2.35. The number of likely N-dealkylation sites (N-methyl/N-ethyl adjacent to an activating group) is 1. The first-order chi connectivity index (χ1) is 9.39. The number of nitrogens with zero attached hydrogens (tertiary/aromatic N) is 2. The van der Waals surface area contributed by atoms with Crippen LogP contribution in [0.5, 0.6) is 0 Å². The molecule has 0 saturated heterocycles. The van der Waals surface area contributed by atoms with Gasteiger partial charge in [0.2, 0.25) is 10.0 Å². The van der Waals surface area contributed by atoms with Crippen molar-refractivity contribution in [1.82, 2.24) is 14.6 Å². The maximum absolute atomic E-state index is 12.2. The zero-order valence-electron chi connectivity index (χ0n) is 12.0. The number of rotatable bonds is 6. The third kappa shape index (κ3) is 3.01. The molecule has 0 atom stereocenters. The first kappa shape index (κ1) is 15.4. The van der Waals surface area contributed by atoms with Crippen LogP contribution in [0.4, 0.5) is 0 Å². The molecule has 0 spiro atoms. The summed E-state index contributed by atoms with van der Waals surface area (Å²) in [5, 5.41) is 0. The summed E-state index contributed by atoms with van der Waals surface area (Å²) in [6.07, 6.45) is 4.54. The molecule has 7 heteroatoms. The van der Waals surface area contributed by atoms with Crippen molar-refractivity contribution in [3.05, 3.63) is 24.0 Å². The Hall–Kier alpha value is -1.02. The fourth-order valence-corrected chi connectivity index (χ4v) is 3.43. The molecular weight excluding hydrogens is 276 g/mol. The number of aromatic nitrogens is 1. The second-order valence-electron chi connectivity index (χ2n) is 5.49. The van der Waals surface area contributed by atoms with Crippen molar-refractivity contribution in [2.75, 3.05) is 20.6 Å².